The van der Waals surface area contributed by atoms with Crippen LogP contribution >= 0.6 is 12.4 Å². The Morgan fingerprint density at radius 2 is 1.91 bits per heavy atom. The van der Waals surface area contributed by atoms with Gasteiger partial charge in [0, 0.05) is 19.5 Å². The van der Waals surface area contributed by atoms with Crippen molar-refractivity contribution in [2.45, 2.75) is 25.8 Å². The minimum absolute atomic E-state index is 0. The summed E-state index contributed by atoms with van der Waals surface area (Å²) in [6.07, 6.45) is 2.72. The van der Waals surface area contributed by atoms with Gasteiger partial charge >= 0.3 is 0 Å². The van der Waals surface area contributed by atoms with E-state index >= 15 is 0 Å². The number of halogens is 1. The maximum Gasteiger partial charge on any atom is 0.236 e. The Hall–Kier alpha value is -1.59. The van der Waals surface area contributed by atoms with E-state index in [-0.39, 0.29) is 30.6 Å². The number of nitrogens with two attached hydrogens (primary N) is 1. The summed E-state index contributed by atoms with van der Waals surface area (Å²) < 4.78 is 0. The average Bonchev–Trinajstić information content (AvgIpc) is 3.28. The van der Waals surface area contributed by atoms with Gasteiger partial charge in [-0.15, -0.1) is 12.4 Å². The summed E-state index contributed by atoms with van der Waals surface area (Å²) in [5.74, 6) is 0.374. The Balaban J connectivity index is 0.00000242. The minimum Gasteiger partial charge on any atom is -0.370 e. The van der Waals surface area contributed by atoms with Crippen LogP contribution in [0.25, 0.3) is 0 Å². The molecule has 22 heavy (non-hydrogen) atoms. The highest BCUT2D eigenvalue weighted by Crippen LogP contribution is 2.27. The molecule has 1 aromatic carbocycles. The number of carbonyl (C=O) groups is 2. The molecule has 5 nitrogen and oxygen atoms in total. The fourth-order valence-electron chi connectivity index (χ4n) is 2.16. The minimum atomic E-state index is -0.383. The number of amides is 2. The third-order valence-electron chi connectivity index (χ3n) is 3.60. The first-order chi connectivity index (χ1) is 10.1. The molecule has 2 amide bonds. The molecule has 122 valence electrons. The van der Waals surface area contributed by atoms with Crippen LogP contribution in [0.2, 0.25) is 0 Å². The lowest BCUT2D eigenvalue weighted by Crippen LogP contribution is -2.39. The van der Waals surface area contributed by atoms with Crippen molar-refractivity contribution in [1.29, 1.82) is 0 Å². The van der Waals surface area contributed by atoms with E-state index in [0.717, 1.165) is 18.0 Å². The lowest BCUT2D eigenvalue weighted by atomic mass is 10.2. The van der Waals surface area contributed by atoms with Crippen LogP contribution in [0.4, 0.5) is 0 Å². The van der Waals surface area contributed by atoms with E-state index in [0.29, 0.717) is 19.6 Å². The fraction of sp³-hybridized carbons (Fsp3) is 0.500. The Labute approximate surface area is 137 Å². The van der Waals surface area contributed by atoms with E-state index in [1.54, 1.807) is 4.90 Å². The number of rotatable bonds is 9. The molecule has 6 heteroatoms. The number of nitrogens with zero attached hydrogens (tertiary/aromatic N) is 1. The Morgan fingerprint density at radius 3 is 2.50 bits per heavy atom. The summed E-state index contributed by atoms with van der Waals surface area (Å²) in [6.45, 7) is 2.11. The molecule has 0 heterocycles. The van der Waals surface area contributed by atoms with Gasteiger partial charge in [-0.3, -0.25) is 9.59 Å². The summed E-state index contributed by atoms with van der Waals surface area (Å²) in [4.78, 5) is 24.9. The van der Waals surface area contributed by atoms with Gasteiger partial charge in [0.1, 0.15) is 0 Å². The third-order valence-corrected chi connectivity index (χ3v) is 3.60. The summed E-state index contributed by atoms with van der Waals surface area (Å²) in [5, 5.41) is 3.19. The molecule has 1 aromatic rings. The van der Waals surface area contributed by atoms with E-state index in [1.807, 2.05) is 30.3 Å². The first-order valence-electron chi connectivity index (χ1n) is 7.46. The molecule has 0 radical (unpaired) electrons. The Kier molecular flexibility index (Phi) is 7.91. The average molecular weight is 326 g/mol. The molecule has 0 aliphatic heterocycles. The van der Waals surface area contributed by atoms with E-state index in [1.165, 1.54) is 12.8 Å². The molecule has 2 rings (SSSR count). The van der Waals surface area contributed by atoms with Crippen LogP contribution < -0.4 is 11.1 Å². The second-order valence-electron chi connectivity index (χ2n) is 5.59. The summed E-state index contributed by atoms with van der Waals surface area (Å²) in [6, 6.07) is 9.77. The van der Waals surface area contributed by atoms with Crippen LogP contribution in [0.15, 0.2) is 30.3 Å². The molecule has 0 atom stereocenters. The zero-order valence-electron chi connectivity index (χ0n) is 12.7. The molecule has 0 bridgehead atoms. The molecular weight excluding hydrogens is 302 g/mol. The van der Waals surface area contributed by atoms with Crippen molar-refractivity contribution in [3.63, 3.8) is 0 Å². The first-order valence-corrected chi connectivity index (χ1v) is 7.46. The van der Waals surface area contributed by atoms with Crippen molar-refractivity contribution in [3.05, 3.63) is 35.9 Å². The summed E-state index contributed by atoms with van der Waals surface area (Å²) >= 11 is 0. The van der Waals surface area contributed by atoms with Gasteiger partial charge < -0.3 is 16.0 Å². The van der Waals surface area contributed by atoms with Crippen LogP contribution in [-0.4, -0.2) is 36.3 Å². The van der Waals surface area contributed by atoms with Crippen molar-refractivity contribution in [3.8, 4) is 0 Å². The fourth-order valence-corrected chi connectivity index (χ4v) is 2.16. The number of carbonyl (C=O) groups excluding carboxylic acids is 2. The molecule has 3 N–H and O–H groups in total. The molecule has 1 aliphatic carbocycles. The van der Waals surface area contributed by atoms with Crippen molar-refractivity contribution in [2.75, 3.05) is 19.6 Å². The maximum atomic E-state index is 12.3. The Morgan fingerprint density at radius 1 is 1.23 bits per heavy atom. The predicted octanol–water partition coefficient (Wildman–Crippen LogP) is 1.31. The van der Waals surface area contributed by atoms with Gasteiger partial charge in [0.2, 0.25) is 11.8 Å². The molecule has 0 aromatic heterocycles. The van der Waals surface area contributed by atoms with Gasteiger partial charge in [-0.1, -0.05) is 30.3 Å². The monoisotopic (exact) mass is 325 g/mol. The molecule has 1 saturated carbocycles. The van der Waals surface area contributed by atoms with Gasteiger partial charge in [0.25, 0.3) is 0 Å². The summed E-state index contributed by atoms with van der Waals surface area (Å²) in [7, 11) is 0. The molecule has 0 saturated heterocycles. The van der Waals surface area contributed by atoms with Crippen LogP contribution in [0, 0.1) is 5.92 Å². The van der Waals surface area contributed by atoms with E-state index in [2.05, 4.69) is 5.32 Å². The first kappa shape index (κ1) is 18.5. The molecule has 0 spiro atoms. The zero-order valence-corrected chi connectivity index (χ0v) is 13.5. The van der Waals surface area contributed by atoms with Crippen molar-refractivity contribution in [1.82, 2.24) is 10.2 Å². The van der Waals surface area contributed by atoms with E-state index in [4.69, 9.17) is 5.73 Å². The molecular formula is C16H24ClN3O2. The summed E-state index contributed by atoms with van der Waals surface area (Å²) in [5.41, 5.74) is 6.24. The zero-order chi connectivity index (χ0) is 15.1. The topological polar surface area (TPSA) is 75.4 Å². The largest absolute Gasteiger partial charge is 0.370 e. The van der Waals surface area contributed by atoms with Crippen molar-refractivity contribution < 1.29 is 9.59 Å². The quantitative estimate of drug-likeness (QED) is 0.719. The van der Waals surface area contributed by atoms with Crippen LogP contribution in [0.3, 0.4) is 0 Å². The SMILES string of the molecule is Cl.NC(=O)CCN(Cc1ccccc1)C(=O)CNCC1CC1. The number of nitrogens with one attached hydrogen (secondary N) is 1. The third kappa shape index (κ3) is 6.91. The number of primary amides is 1. The van der Waals surface area contributed by atoms with Crippen molar-refractivity contribution >= 4 is 24.2 Å². The second kappa shape index (κ2) is 9.43. The van der Waals surface area contributed by atoms with E-state index < -0.39 is 0 Å². The van der Waals surface area contributed by atoms with Crippen LogP contribution in [0.5, 0.6) is 0 Å². The molecule has 1 aliphatic rings. The standard InChI is InChI=1S/C16H23N3O2.ClH/c17-15(20)8-9-19(12-14-4-2-1-3-5-14)16(21)11-18-10-13-6-7-13;/h1-5,13,18H,6-12H2,(H2,17,20);1H. The highest BCUT2D eigenvalue weighted by Gasteiger charge is 2.21. The van der Waals surface area contributed by atoms with Gasteiger partial charge in [-0.05, 0) is 30.9 Å². The Bertz CT molecular complexity index is 478. The highest BCUT2D eigenvalue weighted by molar-refractivity contribution is 5.85. The number of benzene rings is 1. The smallest absolute Gasteiger partial charge is 0.236 e. The molecule has 1 fully saturated rings. The van der Waals surface area contributed by atoms with E-state index in [9.17, 15) is 9.59 Å². The normalized spacial score (nSPS) is 13.3. The maximum absolute atomic E-state index is 12.3. The number of hydrogen-bond donors (Lipinski definition) is 2. The van der Waals surface area contributed by atoms with Gasteiger partial charge in [0.05, 0.1) is 6.54 Å². The van der Waals surface area contributed by atoms with Gasteiger partial charge in [-0.2, -0.15) is 0 Å². The van der Waals surface area contributed by atoms with Gasteiger partial charge in [-0.25, -0.2) is 0 Å². The van der Waals surface area contributed by atoms with Crippen molar-refractivity contribution in [2.24, 2.45) is 11.7 Å². The lowest BCUT2D eigenvalue weighted by Gasteiger charge is -2.22. The highest BCUT2D eigenvalue weighted by atomic mass is 35.5. The second-order valence-corrected chi connectivity index (χ2v) is 5.59. The number of hydrogen-bond acceptors (Lipinski definition) is 3. The van der Waals surface area contributed by atoms with Crippen LogP contribution in [0.1, 0.15) is 24.8 Å². The predicted molar refractivity (Wildman–Crippen MR) is 88.5 cm³/mol. The lowest BCUT2D eigenvalue weighted by molar-refractivity contribution is -0.131. The molecule has 0 unspecified atom stereocenters. The van der Waals surface area contributed by atoms with Gasteiger partial charge in [0.15, 0.2) is 0 Å². The van der Waals surface area contributed by atoms with Crippen LogP contribution in [-0.2, 0) is 16.1 Å².